The second-order valence-electron chi connectivity index (χ2n) is 16.7. The van der Waals surface area contributed by atoms with Crippen molar-refractivity contribution < 1.29 is 28.7 Å². The number of piperidine rings is 1. The van der Waals surface area contributed by atoms with Crippen LogP contribution in [-0.4, -0.2) is 109 Å². The molecule has 2 aromatic rings. The van der Waals surface area contributed by atoms with Gasteiger partial charge in [-0.3, -0.25) is 19.2 Å². The zero-order valence-electron chi connectivity index (χ0n) is 34.8. The Balaban J connectivity index is 1.26. The SMILES string of the molecule is CCC(C)C(C(CC(=O)N1CCCC1C(OC)C(C)C(=O)NC(Cc1ccc(NI)cc1)c1nccs1)OC)N(C)C(=O)C(NC(=O)C1NC2CCC1C2)C(C)C. The molecule has 2 bridgehead atoms. The maximum absolute atomic E-state index is 14.3. The van der Waals surface area contributed by atoms with E-state index >= 15 is 0 Å². The fraction of sp³-hybridized carbons (Fsp3) is 0.690. The number of halogens is 1. The van der Waals surface area contributed by atoms with Crippen molar-refractivity contribution in [2.75, 3.05) is 31.3 Å². The minimum Gasteiger partial charge on any atom is -0.379 e. The van der Waals surface area contributed by atoms with Crippen molar-refractivity contribution in [3.8, 4) is 0 Å². The van der Waals surface area contributed by atoms with E-state index in [1.165, 1.54) is 11.3 Å². The van der Waals surface area contributed by atoms with Gasteiger partial charge in [0.2, 0.25) is 23.6 Å². The zero-order chi connectivity index (χ0) is 41.4. The van der Waals surface area contributed by atoms with Crippen LogP contribution < -0.4 is 19.5 Å². The van der Waals surface area contributed by atoms with Crippen molar-refractivity contribution in [1.82, 2.24) is 30.7 Å². The molecule has 5 rings (SSSR count). The van der Waals surface area contributed by atoms with Gasteiger partial charge >= 0.3 is 0 Å². The highest BCUT2D eigenvalue weighted by Gasteiger charge is 2.46. The van der Waals surface area contributed by atoms with Crippen LogP contribution in [0, 0.1) is 23.7 Å². The van der Waals surface area contributed by atoms with Gasteiger partial charge in [0, 0.05) is 51.1 Å². The second kappa shape index (κ2) is 20.9. The van der Waals surface area contributed by atoms with Crippen molar-refractivity contribution in [1.29, 1.82) is 0 Å². The molecular weight excluding hydrogens is 857 g/mol. The normalized spacial score (nSPS) is 24.0. The summed E-state index contributed by atoms with van der Waals surface area (Å²) in [7, 11) is 4.96. The van der Waals surface area contributed by atoms with Crippen molar-refractivity contribution in [2.45, 2.75) is 134 Å². The molecular formula is C42H64IN7O6S. The molecule has 13 nitrogen and oxygen atoms in total. The van der Waals surface area contributed by atoms with Crippen molar-refractivity contribution in [3.05, 3.63) is 46.4 Å². The van der Waals surface area contributed by atoms with Crippen LogP contribution in [0.15, 0.2) is 35.8 Å². The van der Waals surface area contributed by atoms with Crippen LogP contribution in [0.25, 0.3) is 0 Å². The Morgan fingerprint density at radius 2 is 1.79 bits per heavy atom. The first-order valence-corrected chi connectivity index (χ1v) is 22.6. The Morgan fingerprint density at radius 1 is 1.05 bits per heavy atom. The number of likely N-dealkylation sites (N-methyl/N-ethyl adjacent to an activating group) is 1. The molecule has 0 radical (unpaired) electrons. The maximum atomic E-state index is 14.3. The smallest absolute Gasteiger partial charge is 0.245 e. The van der Waals surface area contributed by atoms with E-state index in [-0.39, 0.29) is 60.0 Å². The number of ether oxygens (including phenoxy) is 2. The largest absolute Gasteiger partial charge is 0.379 e. The predicted octanol–water partition coefficient (Wildman–Crippen LogP) is 5.51. The molecule has 2 saturated heterocycles. The van der Waals surface area contributed by atoms with E-state index in [1.54, 1.807) is 32.4 Å². The van der Waals surface area contributed by atoms with Gasteiger partial charge in [0.05, 0.1) is 71.6 Å². The number of nitrogens with one attached hydrogen (secondary N) is 4. The quantitative estimate of drug-likeness (QED) is 0.0996. The van der Waals surface area contributed by atoms with Gasteiger partial charge in [-0.25, -0.2) is 4.98 Å². The highest BCUT2D eigenvalue weighted by atomic mass is 127. The molecule has 15 heteroatoms. The molecule has 1 aromatic heterocycles. The highest BCUT2D eigenvalue weighted by molar-refractivity contribution is 14.1. The number of hydrogen-bond acceptors (Lipinski definition) is 10. The Bertz CT molecular complexity index is 1630. The fourth-order valence-electron chi connectivity index (χ4n) is 9.28. The van der Waals surface area contributed by atoms with Crippen molar-refractivity contribution in [2.24, 2.45) is 23.7 Å². The number of amides is 4. The molecule has 1 aromatic carbocycles. The average molecular weight is 922 g/mol. The number of fused-ring (bicyclic) bond motifs is 2. The monoisotopic (exact) mass is 921 g/mol. The molecule has 1 aliphatic carbocycles. The number of likely N-dealkylation sites (tertiary alicyclic amines) is 1. The summed E-state index contributed by atoms with van der Waals surface area (Å²) < 4.78 is 15.2. The third-order valence-corrected chi connectivity index (χ3v) is 14.2. The van der Waals surface area contributed by atoms with Crippen LogP contribution in [-0.2, 0) is 35.1 Å². The number of carbonyl (C=O) groups is 4. The maximum Gasteiger partial charge on any atom is 0.245 e. The van der Waals surface area contributed by atoms with E-state index in [4.69, 9.17) is 9.47 Å². The molecule has 4 N–H and O–H groups in total. The Hall–Kier alpha value is -2.86. The number of thiazole rings is 1. The van der Waals surface area contributed by atoms with Crippen LogP contribution in [0.5, 0.6) is 0 Å². The molecule has 57 heavy (non-hydrogen) atoms. The predicted molar refractivity (Wildman–Crippen MR) is 232 cm³/mol. The minimum absolute atomic E-state index is 0.00364. The van der Waals surface area contributed by atoms with Gasteiger partial charge in [-0.1, -0.05) is 53.2 Å². The Kier molecular flexibility index (Phi) is 16.6. The molecule has 11 atom stereocenters. The van der Waals surface area contributed by atoms with E-state index in [9.17, 15) is 19.2 Å². The van der Waals surface area contributed by atoms with Crippen LogP contribution in [0.1, 0.15) is 96.2 Å². The number of carbonyl (C=O) groups excluding carboxylic acids is 4. The van der Waals surface area contributed by atoms with Gasteiger partial charge in [0.25, 0.3) is 0 Å². The van der Waals surface area contributed by atoms with Gasteiger partial charge in [-0.05, 0) is 74.0 Å². The number of rotatable bonds is 20. The van der Waals surface area contributed by atoms with Crippen LogP contribution in [0.2, 0.25) is 0 Å². The van der Waals surface area contributed by atoms with Gasteiger partial charge < -0.3 is 38.8 Å². The molecule has 1 saturated carbocycles. The molecule has 316 valence electrons. The molecule has 3 fully saturated rings. The third kappa shape index (κ3) is 10.9. The molecule has 11 unspecified atom stereocenters. The summed E-state index contributed by atoms with van der Waals surface area (Å²) in [5.74, 6) is -0.960. The lowest BCUT2D eigenvalue weighted by molar-refractivity contribution is -0.147. The number of aromatic nitrogens is 1. The number of anilines is 1. The minimum atomic E-state index is -0.713. The summed E-state index contributed by atoms with van der Waals surface area (Å²) in [5.41, 5.74) is 2.07. The van der Waals surface area contributed by atoms with Gasteiger partial charge in [0.1, 0.15) is 11.0 Å². The Labute approximate surface area is 357 Å². The van der Waals surface area contributed by atoms with E-state index < -0.39 is 30.2 Å². The highest BCUT2D eigenvalue weighted by Crippen LogP contribution is 2.36. The first-order chi connectivity index (χ1) is 27.3. The lowest BCUT2D eigenvalue weighted by Gasteiger charge is -2.41. The first-order valence-electron chi connectivity index (χ1n) is 20.6. The lowest BCUT2D eigenvalue weighted by atomic mass is 9.89. The molecule has 2 aliphatic heterocycles. The average Bonchev–Trinajstić information content (AvgIpc) is 4.06. The Morgan fingerprint density at radius 3 is 2.35 bits per heavy atom. The summed E-state index contributed by atoms with van der Waals surface area (Å²) in [4.78, 5) is 64.2. The molecule has 3 aliphatic rings. The number of nitrogens with zero attached hydrogens (tertiary/aromatic N) is 3. The zero-order valence-corrected chi connectivity index (χ0v) is 37.8. The summed E-state index contributed by atoms with van der Waals surface area (Å²) >= 11 is 3.60. The van der Waals surface area contributed by atoms with E-state index in [2.05, 4.69) is 61.2 Å². The fourth-order valence-corrected chi connectivity index (χ4v) is 10.3. The van der Waals surface area contributed by atoms with E-state index in [1.807, 2.05) is 55.3 Å². The number of benzene rings is 1. The summed E-state index contributed by atoms with van der Waals surface area (Å²) in [6.45, 7) is 10.4. The second-order valence-corrected chi connectivity index (χ2v) is 18.1. The van der Waals surface area contributed by atoms with Crippen LogP contribution in [0.4, 0.5) is 5.69 Å². The van der Waals surface area contributed by atoms with E-state index in [0.29, 0.717) is 31.3 Å². The summed E-state index contributed by atoms with van der Waals surface area (Å²) in [5, 5.41) is 12.5. The molecule has 3 heterocycles. The lowest BCUT2D eigenvalue weighted by Crippen LogP contribution is -2.59. The standard InChI is InChI=1S/C42H64IN7O6S/c1-9-25(4)37(49(6)42(54)35(24(2)3)47-40(53)36-28-14-17-30(22-28)45-36)33(55-7)23-34(51)50-19-10-11-32(50)38(56-8)26(5)39(52)46-31(41-44-18-20-57-41)21-27-12-15-29(48-43)16-13-27/h12-13,15-16,18,20,24-26,28,30-33,35-38,45,48H,9-11,14,17,19,21-23H2,1-8H3,(H,46,52)(H,47,53). The molecule has 4 amide bonds. The van der Waals surface area contributed by atoms with Gasteiger partial charge in [0.15, 0.2) is 0 Å². The molecule has 0 spiro atoms. The van der Waals surface area contributed by atoms with Crippen molar-refractivity contribution >= 4 is 63.5 Å². The topological polar surface area (TPSA) is 154 Å². The van der Waals surface area contributed by atoms with Gasteiger partial charge in [-0.2, -0.15) is 0 Å². The van der Waals surface area contributed by atoms with Gasteiger partial charge in [-0.15, -0.1) is 11.3 Å². The first kappa shape index (κ1) is 45.2. The number of hydrogen-bond donors (Lipinski definition) is 4. The summed E-state index contributed by atoms with van der Waals surface area (Å²) in [6.07, 6.45) is 6.63. The third-order valence-electron chi connectivity index (χ3n) is 12.7. The summed E-state index contributed by atoms with van der Waals surface area (Å²) in [6, 6.07) is 6.45. The van der Waals surface area contributed by atoms with Crippen molar-refractivity contribution in [3.63, 3.8) is 0 Å². The van der Waals surface area contributed by atoms with Crippen LogP contribution in [0.3, 0.4) is 0 Å². The van der Waals surface area contributed by atoms with E-state index in [0.717, 1.165) is 48.4 Å². The van der Waals surface area contributed by atoms with Crippen LogP contribution >= 0.6 is 34.2 Å². The number of methoxy groups -OCH3 is 2.